The van der Waals surface area contributed by atoms with Gasteiger partial charge in [-0.2, -0.15) is 8.42 Å². The van der Waals surface area contributed by atoms with Crippen LogP contribution < -0.4 is 5.32 Å². The molecule has 4 fully saturated rings. The summed E-state index contributed by atoms with van der Waals surface area (Å²) in [6.45, 7) is 21.1. The van der Waals surface area contributed by atoms with E-state index in [4.69, 9.17) is 4.18 Å². The maximum absolute atomic E-state index is 13.1. The number of aryl methyl sites for hydroxylation is 1. The lowest BCUT2D eigenvalue weighted by Crippen LogP contribution is -2.63. The minimum Gasteiger partial charge on any atom is -0.311 e. The highest BCUT2D eigenvalue weighted by molar-refractivity contribution is 7.86. The minimum absolute atomic E-state index is 0.153. The van der Waals surface area contributed by atoms with Crippen LogP contribution in [0.4, 0.5) is 0 Å². The number of allylic oxidation sites excluding steroid dienone is 2. The van der Waals surface area contributed by atoms with E-state index < -0.39 is 10.1 Å². The molecule has 5 heteroatoms. The van der Waals surface area contributed by atoms with E-state index in [1.165, 1.54) is 44.9 Å². The van der Waals surface area contributed by atoms with Gasteiger partial charge < -0.3 is 5.32 Å². The van der Waals surface area contributed by atoms with E-state index in [0.717, 1.165) is 31.4 Å². The SMILES string of the molecule is Cc1ccc(S(=O)(=O)OC[C@@]2(C)CC[C@]3(C)CC[C@]4(C)C(=CC[C@@H]5[C@@]6(C)CCCNC(C)(C)[C@@H]6CC[C@]54C)[C@@H]3C2)cc1. The van der Waals surface area contributed by atoms with Crippen LogP contribution in [0, 0.1) is 51.8 Å². The van der Waals surface area contributed by atoms with Crippen molar-refractivity contribution in [2.75, 3.05) is 13.2 Å². The maximum Gasteiger partial charge on any atom is 0.296 e. The van der Waals surface area contributed by atoms with Gasteiger partial charge >= 0.3 is 0 Å². The number of rotatable bonds is 4. The first-order valence-electron chi connectivity index (χ1n) is 16.9. The van der Waals surface area contributed by atoms with Crippen molar-refractivity contribution in [2.24, 2.45) is 44.8 Å². The molecular formula is C37H57NO3S. The third-order valence-electron chi connectivity index (χ3n) is 14.4. The summed E-state index contributed by atoms with van der Waals surface area (Å²) in [6.07, 6.45) is 14.9. The van der Waals surface area contributed by atoms with E-state index in [-0.39, 0.29) is 27.9 Å². The molecular weight excluding hydrogens is 538 g/mol. The van der Waals surface area contributed by atoms with Crippen LogP contribution in [0.2, 0.25) is 0 Å². The lowest BCUT2D eigenvalue weighted by atomic mass is 9.35. The smallest absolute Gasteiger partial charge is 0.296 e. The predicted molar refractivity (Wildman–Crippen MR) is 172 cm³/mol. The van der Waals surface area contributed by atoms with E-state index in [0.29, 0.717) is 34.0 Å². The van der Waals surface area contributed by atoms with Crippen LogP contribution in [-0.2, 0) is 14.3 Å². The zero-order chi connectivity index (χ0) is 30.4. The summed E-state index contributed by atoms with van der Waals surface area (Å²) in [7, 11) is -3.77. The van der Waals surface area contributed by atoms with Crippen LogP contribution in [-0.4, -0.2) is 27.1 Å². The summed E-state index contributed by atoms with van der Waals surface area (Å²) in [5, 5.41) is 3.94. The molecule has 1 aromatic rings. The second-order valence-corrected chi connectivity index (χ2v) is 18.9. The Bertz CT molecular complexity index is 1350. The highest BCUT2D eigenvalue weighted by atomic mass is 32.2. The molecule has 6 rings (SSSR count). The Labute approximate surface area is 257 Å². The molecule has 5 aliphatic rings. The lowest BCUT2D eigenvalue weighted by Gasteiger charge is -2.70. The van der Waals surface area contributed by atoms with Gasteiger partial charge in [0.15, 0.2) is 0 Å². The van der Waals surface area contributed by atoms with E-state index in [9.17, 15) is 8.42 Å². The first-order valence-corrected chi connectivity index (χ1v) is 18.3. The van der Waals surface area contributed by atoms with Crippen molar-refractivity contribution >= 4 is 10.1 Å². The third-order valence-corrected chi connectivity index (χ3v) is 15.7. The Balaban J connectivity index is 1.29. The molecule has 0 radical (unpaired) electrons. The highest BCUT2D eigenvalue weighted by Gasteiger charge is 2.66. The van der Waals surface area contributed by atoms with Crippen molar-refractivity contribution in [2.45, 2.75) is 130 Å². The Kier molecular flexibility index (Phi) is 7.28. The fourth-order valence-corrected chi connectivity index (χ4v) is 12.5. The van der Waals surface area contributed by atoms with Crippen molar-refractivity contribution in [1.82, 2.24) is 5.32 Å². The summed E-state index contributed by atoms with van der Waals surface area (Å²) in [5.41, 5.74) is 3.94. The van der Waals surface area contributed by atoms with Crippen LogP contribution in [0.1, 0.15) is 118 Å². The zero-order valence-electron chi connectivity index (χ0n) is 27.7. The second kappa shape index (κ2) is 9.91. The largest absolute Gasteiger partial charge is 0.311 e. The summed E-state index contributed by atoms with van der Waals surface area (Å²) < 4.78 is 32.1. The molecule has 1 N–H and O–H groups in total. The Morgan fingerprint density at radius 2 is 1.57 bits per heavy atom. The zero-order valence-corrected chi connectivity index (χ0v) is 28.6. The molecule has 234 valence electrons. The summed E-state index contributed by atoms with van der Waals surface area (Å²) >= 11 is 0. The molecule has 0 amide bonds. The quantitative estimate of drug-likeness (QED) is 0.279. The molecule has 0 spiro atoms. The maximum atomic E-state index is 13.1. The van der Waals surface area contributed by atoms with Gasteiger partial charge in [0.25, 0.3) is 10.1 Å². The molecule has 3 saturated carbocycles. The van der Waals surface area contributed by atoms with Gasteiger partial charge in [0.2, 0.25) is 0 Å². The fraction of sp³-hybridized carbons (Fsp3) is 0.784. The molecule has 8 atom stereocenters. The average Bonchev–Trinajstić information content (AvgIpc) is 3.04. The predicted octanol–water partition coefficient (Wildman–Crippen LogP) is 8.84. The average molecular weight is 596 g/mol. The van der Waals surface area contributed by atoms with Crippen molar-refractivity contribution in [1.29, 1.82) is 0 Å². The van der Waals surface area contributed by atoms with E-state index in [1.54, 1.807) is 17.7 Å². The highest BCUT2D eigenvalue weighted by Crippen LogP contribution is 2.74. The molecule has 42 heavy (non-hydrogen) atoms. The molecule has 4 aliphatic carbocycles. The first kappa shape index (κ1) is 30.8. The van der Waals surface area contributed by atoms with Gasteiger partial charge in [0.1, 0.15) is 0 Å². The normalized spacial score (nSPS) is 45.0. The Hall–Kier alpha value is -1.17. The van der Waals surface area contributed by atoms with Gasteiger partial charge in [-0.25, -0.2) is 0 Å². The number of hydrogen-bond acceptors (Lipinski definition) is 4. The molecule has 1 aliphatic heterocycles. The number of hydrogen-bond donors (Lipinski definition) is 1. The lowest BCUT2D eigenvalue weighted by molar-refractivity contribution is -0.156. The molecule has 1 saturated heterocycles. The van der Waals surface area contributed by atoms with Crippen molar-refractivity contribution in [3.8, 4) is 0 Å². The number of fused-ring (bicyclic) bond motifs is 7. The van der Waals surface area contributed by atoms with Crippen molar-refractivity contribution < 1.29 is 12.6 Å². The second-order valence-electron chi connectivity index (χ2n) is 17.3. The first-order chi connectivity index (χ1) is 19.5. The van der Waals surface area contributed by atoms with Crippen LogP contribution in [0.5, 0.6) is 0 Å². The van der Waals surface area contributed by atoms with Gasteiger partial charge in [0.05, 0.1) is 11.5 Å². The molecule has 4 nitrogen and oxygen atoms in total. The van der Waals surface area contributed by atoms with Gasteiger partial charge in [-0.3, -0.25) is 4.18 Å². The molecule has 1 heterocycles. The molecule has 0 aromatic heterocycles. The topological polar surface area (TPSA) is 55.4 Å². The van der Waals surface area contributed by atoms with Gasteiger partial charge in [0, 0.05) is 5.54 Å². The summed E-state index contributed by atoms with van der Waals surface area (Å²) in [6, 6.07) is 7.03. The van der Waals surface area contributed by atoms with Gasteiger partial charge in [-0.15, -0.1) is 0 Å². The van der Waals surface area contributed by atoms with Gasteiger partial charge in [-0.1, -0.05) is 64.0 Å². The fourth-order valence-electron chi connectivity index (χ4n) is 11.4. The van der Waals surface area contributed by atoms with Crippen molar-refractivity contribution in [3.05, 3.63) is 41.5 Å². The monoisotopic (exact) mass is 595 g/mol. The van der Waals surface area contributed by atoms with E-state index in [1.807, 2.05) is 19.1 Å². The van der Waals surface area contributed by atoms with Crippen LogP contribution in [0.25, 0.3) is 0 Å². The van der Waals surface area contributed by atoms with E-state index in [2.05, 4.69) is 59.9 Å². The Morgan fingerprint density at radius 1 is 0.881 bits per heavy atom. The standard InChI is InChI=1S/C37H57NO3S/c1-26-10-12-27(13-11-26)42(39,40)41-25-33(4)19-20-34(5)21-22-36(7)28(29(34)24-33)14-15-31-35(6)17-9-23-38-32(2,3)30(35)16-18-37(31,36)8/h10-14,29-31,38H,9,15-25H2,1-8H3/t29-,30-,31+,33-,34+,35-,36+,37+/m0/s1. The Morgan fingerprint density at radius 3 is 2.29 bits per heavy atom. The molecule has 0 unspecified atom stereocenters. The minimum atomic E-state index is -3.77. The van der Waals surface area contributed by atoms with Crippen LogP contribution >= 0.6 is 0 Å². The van der Waals surface area contributed by atoms with Crippen LogP contribution in [0.3, 0.4) is 0 Å². The third kappa shape index (κ3) is 4.61. The van der Waals surface area contributed by atoms with Crippen LogP contribution in [0.15, 0.2) is 40.8 Å². The number of nitrogens with one attached hydrogen (secondary N) is 1. The van der Waals surface area contributed by atoms with E-state index >= 15 is 0 Å². The molecule has 1 aromatic carbocycles. The molecule has 0 bridgehead atoms. The summed E-state index contributed by atoms with van der Waals surface area (Å²) in [5.74, 6) is 1.92. The summed E-state index contributed by atoms with van der Waals surface area (Å²) in [4.78, 5) is 0.262. The number of benzene rings is 1. The van der Waals surface area contributed by atoms with Crippen molar-refractivity contribution in [3.63, 3.8) is 0 Å². The van der Waals surface area contributed by atoms with Gasteiger partial charge in [-0.05, 0) is 148 Å².